The number of rotatable bonds is 2. The maximum Gasteiger partial charge on any atom is 0.412 e. The van der Waals surface area contributed by atoms with E-state index in [2.05, 4.69) is 47.1 Å². The summed E-state index contributed by atoms with van der Waals surface area (Å²) in [6, 6.07) is 0. The highest BCUT2D eigenvalue weighted by atomic mass is 79.9. The number of amides is 1. The van der Waals surface area contributed by atoms with Gasteiger partial charge in [-0.2, -0.15) is 0 Å². The molecule has 0 saturated heterocycles. The number of aromatic nitrogens is 2. The highest BCUT2D eigenvalue weighted by Gasteiger charge is 2.16. The van der Waals surface area contributed by atoms with Crippen molar-refractivity contribution in [2.24, 2.45) is 0 Å². The zero-order chi connectivity index (χ0) is 17.6. The summed E-state index contributed by atoms with van der Waals surface area (Å²) in [6.45, 7) is 5.44. The van der Waals surface area contributed by atoms with Crippen molar-refractivity contribution in [3.63, 3.8) is 0 Å². The SMILES string of the molecule is CC(C)(C)OC(=O)Nc1cnc(Br)s1.O=C(O)c1cnc(Br)s1.[S-2].[SH-]. The molecular weight excluding hydrogens is 538 g/mol. The van der Waals surface area contributed by atoms with Gasteiger partial charge in [-0.15, -0.1) is 11.3 Å². The highest BCUT2D eigenvalue weighted by molar-refractivity contribution is 9.11. The Morgan fingerprint density at radius 1 is 1.16 bits per heavy atom. The Balaban J connectivity index is 0. The predicted molar refractivity (Wildman–Crippen MR) is 113 cm³/mol. The number of aromatic carboxylic acids is 1. The van der Waals surface area contributed by atoms with Gasteiger partial charge in [0.2, 0.25) is 0 Å². The largest absolute Gasteiger partial charge is 2.00 e. The number of carboxylic acid groups (broad SMARTS) is 1. The van der Waals surface area contributed by atoms with Crippen molar-refractivity contribution in [3.05, 3.63) is 25.1 Å². The molecule has 0 fully saturated rings. The van der Waals surface area contributed by atoms with E-state index >= 15 is 0 Å². The molecule has 25 heavy (non-hydrogen) atoms. The fraction of sp³-hybridized carbons (Fsp3) is 0.333. The summed E-state index contributed by atoms with van der Waals surface area (Å²) in [7, 11) is 0. The number of ether oxygens (including phenoxy) is 1. The van der Waals surface area contributed by atoms with Gasteiger partial charge in [0.1, 0.15) is 15.5 Å². The van der Waals surface area contributed by atoms with Crippen LogP contribution in [0, 0.1) is 0 Å². The molecule has 2 aromatic rings. The van der Waals surface area contributed by atoms with Crippen LogP contribution >= 0.6 is 54.5 Å². The van der Waals surface area contributed by atoms with Crippen molar-refractivity contribution in [3.8, 4) is 0 Å². The summed E-state index contributed by atoms with van der Waals surface area (Å²) in [5, 5.41) is 11.6. The molecule has 0 aliphatic rings. The molecule has 7 nitrogen and oxygen atoms in total. The van der Waals surface area contributed by atoms with Crippen LogP contribution in [0.4, 0.5) is 9.80 Å². The number of halogens is 2. The fourth-order valence-corrected chi connectivity index (χ4v) is 3.32. The maximum absolute atomic E-state index is 11.3. The third-order valence-electron chi connectivity index (χ3n) is 1.79. The van der Waals surface area contributed by atoms with Crippen LogP contribution in [0.5, 0.6) is 0 Å². The minimum absolute atomic E-state index is 0. The summed E-state index contributed by atoms with van der Waals surface area (Å²) in [4.78, 5) is 29.3. The molecule has 0 saturated carbocycles. The zero-order valence-corrected chi connectivity index (χ0v) is 19.7. The Bertz CT molecular complexity index is 688. The Labute approximate surface area is 183 Å². The van der Waals surface area contributed by atoms with Gasteiger partial charge in [0.05, 0.1) is 12.4 Å². The van der Waals surface area contributed by atoms with Crippen LogP contribution in [0.1, 0.15) is 30.4 Å². The molecular formula is C12H14Br2N3O4S4-3. The van der Waals surface area contributed by atoms with Crippen molar-refractivity contribution in [2.75, 3.05) is 5.32 Å². The molecule has 0 aliphatic carbocycles. The number of carboxylic acids is 1. The highest BCUT2D eigenvalue weighted by Crippen LogP contribution is 2.23. The summed E-state index contributed by atoms with van der Waals surface area (Å²) in [6.07, 6.45) is 2.42. The molecule has 1 amide bonds. The van der Waals surface area contributed by atoms with E-state index in [4.69, 9.17) is 9.84 Å². The van der Waals surface area contributed by atoms with Gasteiger partial charge in [-0.1, -0.05) is 11.3 Å². The Morgan fingerprint density at radius 2 is 1.68 bits per heavy atom. The average molecular weight is 552 g/mol. The predicted octanol–water partition coefficient (Wildman–Crippen LogP) is 4.58. The number of nitrogens with zero attached hydrogens (tertiary/aromatic N) is 2. The number of thiol groups is 1. The summed E-state index contributed by atoms with van der Waals surface area (Å²) < 4.78 is 6.39. The van der Waals surface area contributed by atoms with E-state index in [-0.39, 0.29) is 31.9 Å². The van der Waals surface area contributed by atoms with Crippen LogP contribution in [0.3, 0.4) is 0 Å². The second kappa shape index (κ2) is 12.1. The van der Waals surface area contributed by atoms with E-state index in [1.165, 1.54) is 17.5 Å². The summed E-state index contributed by atoms with van der Waals surface area (Å²) in [5.41, 5.74) is -0.480. The molecule has 0 aliphatic heterocycles. The summed E-state index contributed by atoms with van der Waals surface area (Å²) in [5.74, 6) is -0.932. The third kappa shape index (κ3) is 11.8. The second-order valence-corrected chi connectivity index (χ2v) is 9.50. The van der Waals surface area contributed by atoms with E-state index in [1.807, 2.05) is 20.8 Å². The van der Waals surface area contributed by atoms with Crippen molar-refractivity contribution in [2.45, 2.75) is 26.4 Å². The molecule has 0 atom stereocenters. The number of hydrogen-bond donors (Lipinski definition) is 2. The maximum atomic E-state index is 11.3. The van der Waals surface area contributed by atoms with E-state index in [0.717, 1.165) is 15.3 Å². The van der Waals surface area contributed by atoms with Crippen molar-refractivity contribution in [1.29, 1.82) is 0 Å². The number of thiazole rings is 2. The fourth-order valence-electron chi connectivity index (χ4n) is 1.07. The zero-order valence-electron chi connectivity index (χ0n) is 13.1. The van der Waals surface area contributed by atoms with Crippen LogP contribution in [0.25, 0.3) is 0 Å². The molecule has 142 valence electrons. The lowest BCUT2D eigenvalue weighted by atomic mass is 10.2. The lowest BCUT2D eigenvalue weighted by molar-refractivity contribution is 0.0634. The summed E-state index contributed by atoms with van der Waals surface area (Å²) >= 11 is 8.68. The molecule has 0 spiro atoms. The van der Waals surface area contributed by atoms with Gasteiger partial charge < -0.3 is 36.8 Å². The number of anilines is 1. The van der Waals surface area contributed by atoms with E-state index in [9.17, 15) is 9.59 Å². The molecule has 2 aromatic heterocycles. The first-order chi connectivity index (χ1) is 10.6. The van der Waals surface area contributed by atoms with Gasteiger partial charge in [-0.05, 0) is 52.6 Å². The molecule has 2 heterocycles. The standard InChI is InChI=1S/C8H11BrN2O2S.C4H2BrNO2S.H2S.S/c1-8(2,3)13-7(12)11-5-4-10-6(9)14-5;5-4-6-1-2(9-4)3(7)8;;/h4H,1-3H3,(H,11,12);1H,(H,7,8);1H2;/q;;;-2/p-1. The van der Waals surface area contributed by atoms with Crippen LogP contribution < -0.4 is 5.32 Å². The van der Waals surface area contributed by atoms with E-state index in [0.29, 0.717) is 8.92 Å². The first-order valence-corrected chi connectivity index (χ1v) is 9.24. The van der Waals surface area contributed by atoms with Gasteiger partial charge in [-0.3, -0.25) is 5.32 Å². The van der Waals surface area contributed by atoms with Crippen molar-refractivity contribution < 1.29 is 19.4 Å². The lowest BCUT2D eigenvalue weighted by Gasteiger charge is -2.19. The number of nitrogens with one attached hydrogen (secondary N) is 1. The molecule has 0 aromatic carbocycles. The smallest absolute Gasteiger partial charge is 0.412 e. The number of carbonyl (C=O) groups is 2. The van der Waals surface area contributed by atoms with E-state index < -0.39 is 17.7 Å². The van der Waals surface area contributed by atoms with Crippen LogP contribution in [0.2, 0.25) is 0 Å². The minimum atomic E-state index is -0.932. The van der Waals surface area contributed by atoms with Gasteiger partial charge in [0, 0.05) is 0 Å². The molecule has 0 unspecified atom stereocenters. The molecule has 2 N–H and O–H groups in total. The van der Waals surface area contributed by atoms with Crippen LogP contribution in [0.15, 0.2) is 20.2 Å². The quantitative estimate of drug-likeness (QED) is 0.416. The van der Waals surface area contributed by atoms with E-state index in [1.54, 1.807) is 6.20 Å². The first kappa shape index (κ1) is 26.9. The number of hydrogen-bond acceptors (Lipinski definition) is 8. The van der Waals surface area contributed by atoms with Crippen molar-refractivity contribution >= 4 is 98.6 Å². The molecule has 0 bridgehead atoms. The molecule has 2 rings (SSSR count). The van der Waals surface area contributed by atoms with Crippen molar-refractivity contribution in [1.82, 2.24) is 9.97 Å². The monoisotopic (exact) mass is 550 g/mol. The number of carbonyl (C=O) groups excluding carboxylic acids is 1. The van der Waals surface area contributed by atoms with Gasteiger partial charge in [-0.25, -0.2) is 19.6 Å². The van der Waals surface area contributed by atoms with Crippen LogP contribution in [-0.2, 0) is 31.7 Å². The molecule has 0 radical (unpaired) electrons. The topological polar surface area (TPSA) is 101 Å². The Morgan fingerprint density at radius 3 is 2.00 bits per heavy atom. The lowest BCUT2D eigenvalue weighted by Crippen LogP contribution is -2.26. The Kier molecular flexibility index (Phi) is 13.0. The minimum Gasteiger partial charge on any atom is -2.00 e. The second-order valence-electron chi connectivity index (χ2n) is 4.89. The third-order valence-corrected chi connectivity index (χ3v) is 4.65. The average Bonchev–Trinajstić information content (AvgIpc) is 2.97. The molecule has 13 heteroatoms. The van der Waals surface area contributed by atoms with Gasteiger partial charge in [0.15, 0.2) is 7.83 Å². The van der Waals surface area contributed by atoms with Crippen LogP contribution in [-0.4, -0.2) is 32.7 Å². The Hall–Kier alpha value is -0.340. The van der Waals surface area contributed by atoms with Gasteiger partial charge in [0.25, 0.3) is 0 Å². The normalized spacial score (nSPS) is 9.64. The first-order valence-electron chi connectivity index (χ1n) is 6.03. The van der Waals surface area contributed by atoms with Gasteiger partial charge >= 0.3 is 12.1 Å².